The maximum atomic E-state index is 12.5. The fraction of sp³-hybridized carbons (Fsp3) is 0.611. The molecule has 0 unspecified atom stereocenters. The van der Waals surface area contributed by atoms with Crippen LogP contribution < -0.4 is 15.4 Å². The Kier molecular flexibility index (Phi) is 6.93. The van der Waals surface area contributed by atoms with Crippen molar-refractivity contribution in [3.8, 4) is 0 Å². The van der Waals surface area contributed by atoms with Gasteiger partial charge in [-0.3, -0.25) is 9.10 Å². The summed E-state index contributed by atoms with van der Waals surface area (Å²) in [5.74, 6) is 0.136. The monoisotopic (exact) mass is 401 g/mol. The van der Waals surface area contributed by atoms with E-state index in [1.165, 1.54) is 10.7 Å². The van der Waals surface area contributed by atoms with Gasteiger partial charge in [0, 0.05) is 18.7 Å². The number of nitrogens with zero attached hydrogens (tertiary/aromatic N) is 1. The van der Waals surface area contributed by atoms with Crippen molar-refractivity contribution < 1.29 is 13.2 Å². The van der Waals surface area contributed by atoms with Crippen LogP contribution in [0.25, 0.3) is 0 Å². The van der Waals surface area contributed by atoms with E-state index in [-0.39, 0.29) is 29.5 Å². The number of benzene rings is 1. The Morgan fingerprint density at radius 1 is 1.19 bits per heavy atom. The van der Waals surface area contributed by atoms with E-state index in [9.17, 15) is 13.2 Å². The van der Waals surface area contributed by atoms with Crippen LogP contribution in [0.1, 0.15) is 44.9 Å². The fourth-order valence-corrected chi connectivity index (χ4v) is 5.53. The summed E-state index contributed by atoms with van der Waals surface area (Å²) in [5, 5.41) is 2.92. The molecule has 1 aromatic carbocycles. The second-order valence-electron chi connectivity index (χ2n) is 7.28. The van der Waals surface area contributed by atoms with E-state index < -0.39 is 10.0 Å². The first-order chi connectivity index (χ1) is 11.9. The summed E-state index contributed by atoms with van der Waals surface area (Å²) in [5.41, 5.74) is 7.12. The molecule has 146 valence electrons. The third kappa shape index (κ3) is 4.69. The van der Waals surface area contributed by atoms with Crippen molar-refractivity contribution >= 4 is 39.7 Å². The van der Waals surface area contributed by atoms with Crippen molar-refractivity contribution in [1.29, 1.82) is 0 Å². The summed E-state index contributed by atoms with van der Waals surface area (Å²) in [6, 6.07) is 7.07. The zero-order chi connectivity index (χ0) is 17.9. The Bertz CT molecular complexity index is 733. The molecule has 1 heterocycles. The zero-order valence-electron chi connectivity index (χ0n) is 14.9. The number of sulfonamides is 1. The van der Waals surface area contributed by atoms with Crippen LogP contribution >= 0.6 is 12.4 Å². The minimum Gasteiger partial charge on any atom is -0.330 e. The fourth-order valence-electron chi connectivity index (χ4n) is 3.97. The molecule has 1 amide bonds. The standard InChI is InChI=1S/C18H27N3O3S.ClH/c19-14-18(8-2-1-3-9-18)13-17(22)20-15-6-4-7-16(12-15)21-10-5-11-25(21,23)24;/h4,6-7,12H,1-3,5,8-11,13-14,19H2,(H,20,22);1H. The summed E-state index contributed by atoms with van der Waals surface area (Å²) in [6.45, 7) is 1.03. The molecule has 3 rings (SSSR count). The number of halogens is 1. The highest BCUT2D eigenvalue weighted by Crippen LogP contribution is 2.38. The Balaban J connectivity index is 0.00000243. The van der Waals surface area contributed by atoms with Gasteiger partial charge in [-0.25, -0.2) is 8.42 Å². The molecule has 0 atom stereocenters. The summed E-state index contributed by atoms with van der Waals surface area (Å²) in [4.78, 5) is 12.5. The van der Waals surface area contributed by atoms with Crippen molar-refractivity contribution in [2.24, 2.45) is 11.1 Å². The van der Waals surface area contributed by atoms with Crippen LogP contribution in [0.4, 0.5) is 11.4 Å². The predicted octanol–water partition coefficient (Wildman–Crippen LogP) is 2.89. The van der Waals surface area contributed by atoms with Gasteiger partial charge in [0.05, 0.1) is 11.4 Å². The van der Waals surface area contributed by atoms with E-state index >= 15 is 0 Å². The molecule has 1 aliphatic carbocycles. The van der Waals surface area contributed by atoms with E-state index in [1.807, 2.05) is 0 Å². The van der Waals surface area contributed by atoms with Crippen LogP contribution in [0.2, 0.25) is 0 Å². The smallest absolute Gasteiger partial charge is 0.235 e. The van der Waals surface area contributed by atoms with Crippen LogP contribution in [-0.4, -0.2) is 33.2 Å². The number of hydrogen-bond donors (Lipinski definition) is 2. The summed E-state index contributed by atoms with van der Waals surface area (Å²) in [6.07, 6.45) is 6.55. The zero-order valence-corrected chi connectivity index (χ0v) is 16.6. The topological polar surface area (TPSA) is 92.5 Å². The summed E-state index contributed by atoms with van der Waals surface area (Å²) >= 11 is 0. The first kappa shape index (κ1) is 21.0. The van der Waals surface area contributed by atoms with Gasteiger partial charge in [-0.1, -0.05) is 25.3 Å². The Morgan fingerprint density at radius 2 is 1.92 bits per heavy atom. The Hall–Kier alpha value is -1.31. The maximum Gasteiger partial charge on any atom is 0.235 e. The van der Waals surface area contributed by atoms with Crippen LogP contribution in [0.3, 0.4) is 0 Å². The normalized spacial score (nSPS) is 21.0. The van der Waals surface area contributed by atoms with Gasteiger partial charge in [0.15, 0.2) is 0 Å². The number of nitrogens with one attached hydrogen (secondary N) is 1. The maximum absolute atomic E-state index is 12.5. The molecule has 0 spiro atoms. The van der Waals surface area contributed by atoms with E-state index in [4.69, 9.17) is 5.73 Å². The molecule has 2 aliphatic rings. The predicted molar refractivity (Wildman–Crippen MR) is 107 cm³/mol. The lowest BCUT2D eigenvalue weighted by atomic mass is 9.71. The molecular formula is C18H28ClN3O3S. The molecule has 1 aliphatic heterocycles. The minimum absolute atomic E-state index is 0. The third-order valence-electron chi connectivity index (χ3n) is 5.40. The second-order valence-corrected chi connectivity index (χ2v) is 9.29. The van der Waals surface area contributed by atoms with Gasteiger partial charge in [-0.05, 0) is 49.4 Å². The number of hydrogen-bond acceptors (Lipinski definition) is 4. The average Bonchev–Trinajstić information content (AvgIpc) is 2.95. The number of anilines is 2. The van der Waals surface area contributed by atoms with Crippen molar-refractivity contribution in [3.63, 3.8) is 0 Å². The molecule has 1 saturated carbocycles. The Morgan fingerprint density at radius 3 is 2.54 bits per heavy atom. The highest BCUT2D eigenvalue weighted by atomic mass is 35.5. The van der Waals surface area contributed by atoms with E-state index in [1.54, 1.807) is 24.3 Å². The number of carbonyl (C=O) groups is 1. The SMILES string of the molecule is Cl.NCC1(CC(=O)Nc2cccc(N3CCCS3(=O)=O)c2)CCCCC1. The van der Waals surface area contributed by atoms with Gasteiger partial charge in [-0.2, -0.15) is 0 Å². The van der Waals surface area contributed by atoms with E-state index in [0.29, 0.717) is 37.3 Å². The van der Waals surface area contributed by atoms with Crippen molar-refractivity contribution in [3.05, 3.63) is 24.3 Å². The van der Waals surface area contributed by atoms with Crippen LogP contribution in [0.5, 0.6) is 0 Å². The highest BCUT2D eigenvalue weighted by Gasteiger charge is 2.33. The average molecular weight is 402 g/mol. The molecule has 8 heteroatoms. The largest absolute Gasteiger partial charge is 0.330 e. The molecular weight excluding hydrogens is 374 g/mol. The first-order valence-corrected chi connectivity index (χ1v) is 10.7. The lowest BCUT2D eigenvalue weighted by Gasteiger charge is -2.35. The summed E-state index contributed by atoms with van der Waals surface area (Å²) in [7, 11) is -3.22. The van der Waals surface area contributed by atoms with Crippen molar-refractivity contribution in [2.45, 2.75) is 44.9 Å². The van der Waals surface area contributed by atoms with Crippen LogP contribution in [0.15, 0.2) is 24.3 Å². The molecule has 1 saturated heterocycles. The molecule has 26 heavy (non-hydrogen) atoms. The van der Waals surface area contributed by atoms with Gasteiger partial charge < -0.3 is 11.1 Å². The molecule has 0 bridgehead atoms. The number of carbonyl (C=O) groups excluding carboxylic acids is 1. The van der Waals surface area contributed by atoms with Gasteiger partial charge >= 0.3 is 0 Å². The van der Waals surface area contributed by atoms with Crippen LogP contribution in [-0.2, 0) is 14.8 Å². The molecule has 2 fully saturated rings. The molecule has 6 nitrogen and oxygen atoms in total. The van der Waals surface area contributed by atoms with Gasteiger partial charge in [0.2, 0.25) is 15.9 Å². The molecule has 3 N–H and O–H groups in total. The van der Waals surface area contributed by atoms with Crippen molar-refractivity contribution in [1.82, 2.24) is 0 Å². The lowest BCUT2D eigenvalue weighted by Crippen LogP contribution is -2.36. The van der Waals surface area contributed by atoms with Gasteiger partial charge in [-0.15, -0.1) is 12.4 Å². The highest BCUT2D eigenvalue weighted by molar-refractivity contribution is 7.93. The number of amides is 1. The first-order valence-electron chi connectivity index (χ1n) is 9.05. The number of nitrogens with two attached hydrogens (primary N) is 1. The third-order valence-corrected chi connectivity index (χ3v) is 7.27. The van der Waals surface area contributed by atoms with E-state index in [2.05, 4.69) is 5.32 Å². The van der Waals surface area contributed by atoms with Gasteiger partial charge in [0.25, 0.3) is 0 Å². The quantitative estimate of drug-likeness (QED) is 0.793. The van der Waals surface area contributed by atoms with E-state index in [0.717, 1.165) is 25.7 Å². The van der Waals surface area contributed by atoms with Gasteiger partial charge in [0.1, 0.15) is 0 Å². The second kappa shape index (κ2) is 8.59. The Labute approximate surface area is 162 Å². The van der Waals surface area contributed by atoms with Crippen LogP contribution in [0, 0.1) is 5.41 Å². The lowest BCUT2D eigenvalue weighted by molar-refractivity contribution is -0.118. The molecule has 0 radical (unpaired) electrons. The summed E-state index contributed by atoms with van der Waals surface area (Å²) < 4.78 is 25.6. The molecule has 0 aromatic heterocycles. The number of rotatable bonds is 5. The molecule has 1 aromatic rings. The minimum atomic E-state index is -3.22. The van der Waals surface area contributed by atoms with Crippen molar-refractivity contribution in [2.75, 3.05) is 28.5 Å².